The van der Waals surface area contributed by atoms with Gasteiger partial charge in [0, 0.05) is 31.7 Å². The molecule has 28 heavy (non-hydrogen) atoms. The van der Waals surface area contributed by atoms with Gasteiger partial charge in [-0.3, -0.25) is 9.59 Å². The number of hydrogen-bond acceptors (Lipinski definition) is 4. The Hall–Kier alpha value is -1.92. The van der Waals surface area contributed by atoms with Crippen molar-refractivity contribution in [2.45, 2.75) is 31.8 Å². The van der Waals surface area contributed by atoms with Crippen LogP contribution in [0.25, 0.3) is 0 Å². The van der Waals surface area contributed by atoms with E-state index in [1.54, 1.807) is 12.1 Å². The summed E-state index contributed by atoms with van der Waals surface area (Å²) in [6, 6.07) is 9.18. The second-order valence-corrected chi connectivity index (χ2v) is 8.50. The van der Waals surface area contributed by atoms with Crippen molar-refractivity contribution in [2.24, 2.45) is 11.8 Å². The molecule has 0 radical (unpaired) electrons. The molecule has 1 saturated carbocycles. The average molecular weight is 386 g/mol. The van der Waals surface area contributed by atoms with E-state index in [1.807, 2.05) is 23.1 Å². The van der Waals surface area contributed by atoms with Crippen LogP contribution in [0.3, 0.4) is 0 Å². The van der Waals surface area contributed by atoms with Crippen LogP contribution in [0.15, 0.2) is 30.3 Å². The second kappa shape index (κ2) is 9.05. The van der Waals surface area contributed by atoms with Crippen LogP contribution < -0.4 is 5.32 Å². The maximum atomic E-state index is 12.3. The minimum Gasteiger partial charge on any atom is -0.365 e. The van der Waals surface area contributed by atoms with Gasteiger partial charge in [0.25, 0.3) is 5.91 Å². The summed E-state index contributed by atoms with van der Waals surface area (Å²) in [5, 5.41) is 2.93. The largest absolute Gasteiger partial charge is 0.365 e. The van der Waals surface area contributed by atoms with E-state index in [-0.39, 0.29) is 24.5 Å². The predicted octanol–water partition coefficient (Wildman–Crippen LogP) is 1.77. The fraction of sp³-hybridized carbons (Fsp3) is 0.636. The summed E-state index contributed by atoms with van der Waals surface area (Å²) in [7, 11) is 0. The molecule has 3 aliphatic rings. The molecule has 2 heterocycles. The maximum Gasteiger partial charge on any atom is 0.251 e. The molecule has 0 spiro atoms. The number of benzene rings is 1. The van der Waals surface area contributed by atoms with E-state index in [0.717, 1.165) is 25.6 Å². The van der Waals surface area contributed by atoms with E-state index in [1.165, 1.54) is 32.2 Å². The van der Waals surface area contributed by atoms with Crippen LogP contribution in [-0.2, 0) is 9.53 Å². The Bertz CT molecular complexity index is 669. The van der Waals surface area contributed by atoms with Crippen molar-refractivity contribution >= 4 is 11.8 Å². The molecule has 3 fully saturated rings. The minimum absolute atomic E-state index is 0.0750. The Balaban J connectivity index is 1.21. The Labute approximate surface area is 167 Å². The van der Waals surface area contributed by atoms with E-state index >= 15 is 0 Å². The van der Waals surface area contributed by atoms with Crippen LogP contribution >= 0.6 is 0 Å². The summed E-state index contributed by atoms with van der Waals surface area (Å²) in [6.45, 7) is 5.53. The lowest BCUT2D eigenvalue weighted by Crippen LogP contribution is -2.52. The van der Waals surface area contributed by atoms with Gasteiger partial charge in [-0.15, -0.1) is 0 Å². The fourth-order valence-electron chi connectivity index (χ4n) is 4.21. The molecule has 152 valence electrons. The first kappa shape index (κ1) is 19.4. The molecule has 0 unspecified atom stereocenters. The van der Waals surface area contributed by atoms with Gasteiger partial charge in [0.2, 0.25) is 5.91 Å². The molecule has 6 nitrogen and oxygen atoms in total. The molecule has 1 N–H and O–H groups in total. The van der Waals surface area contributed by atoms with Crippen molar-refractivity contribution in [2.75, 3.05) is 45.9 Å². The molecular weight excluding hydrogens is 354 g/mol. The van der Waals surface area contributed by atoms with Crippen molar-refractivity contribution in [3.63, 3.8) is 0 Å². The number of likely N-dealkylation sites (tertiary alicyclic amines) is 1. The first-order valence-electron chi connectivity index (χ1n) is 10.6. The number of ether oxygens (including phenoxy) is 1. The molecule has 2 saturated heterocycles. The Morgan fingerprint density at radius 1 is 1.04 bits per heavy atom. The molecule has 0 bridgehead atoms. The Morgan fingerprint density at radius 2 is 1.75 bits per heavy atom. The van der Waals surface area contributed by atoms with Crippen LogP contribution in [0.2, 0.25) is 0 Å². The zero-order valence-electron chi connectivity index (χ0n) is 16.5. The lowest BCUT2D eigenvalue weighted by atomic mass is 9.95. The van der Waals surface area contributed by atoms with Gasteiger partial charge in [0.05, 0.1) is 6.10 Å². The van der Waals surface area contributed by atoms with Gasteiger partial charge in [0.15, 0.2) is 0 Å². The normalized spacial score (nSPS) is 24.4. The van der Waals surface area contributed by atoms with Crippen LogP contribution in [0, 0.1) is 11.8 Å². The highest BCUT2D eigenvalue weighted by Gasteiger charge is 2.31. The number of carbonyl (C=O) groups is 2. The van der Waals surface area contributed by atoms with Gasteiger partial charge in [-0.05, 0) is 62.7 Å². The first-order chi connectivity index (χ1) is 13.7. The number of piperidine rings is 1. The number of morpholine rings is 1. The molecule has 4 rings (SSSR count). The van der Waals surface area contributed by atoms with E-state index in [2.05, 4.69) is 10.2 Å². The molecule has 1 atom stereocenters. The third kappa shape index (κ3) is 5.32. The number of amides is 2. The van der Waals surface area contributed by atoms with Gasteiger partial charge >= 0.3 is 0 Å². The summed E-state index contributed by atoms with van der Waals surface area (Å²) in [6.07, 6.45) is 5.02. The number of hydrogen-bond donors (Lipinski definition) is 1. The number of carbonyl (C=O) groups excluding carboxylic acids is 2. The highest BCUT2D eigenvalue weighted by Crippen LogP contribution is 2.31. The second-order valence-electron chi connectivity index (χ2n) is 8.50. The lowest BCUT2D eigenvalue weighted by Gasteiger charge is -2.38. The maximum absolute atomic E-state index is 12.3. The molecule has 1 aliphatic carbocycles. The van der Waals surface area contributed by atoms with Gasteiger partial charge in [-0.2, -0.15) is 0 Å². The zero-order valence-corrected chi connectivity index (χ0v) is 16.5. The van der Waals surface area contributed by atoms with Gasteiger partial charge in [-0.1, -0.05) is 18.2 Å². The van der Waals surface area contributed by atoms with Crippen LogP contribution in [0.1, 0.15) is 36.0 Å². The van der Waals surface area contributed by atoms with E-state index in [4.69, 9.17) is 4.74 Å². The number of rotatable bonds is 7. The summed E-state index contributed by atoms with van der Waals surface area (Å²) in [5.41, 5.74) is 0.643. The fourth-order valence-corrected chi connectivity index (χ4v) is 4.21. The van der Waals surface area contributed by atoms with Crippen molar-refractivity contribution in [3.8, 4) is 0 Å². The SMILES string of the molecule is O=C(NC[C@@H]1CN(CC2CCN(CC3CC3)CC2)C(=O)CO1)c1ccccc1. The van der Waals surface area contributed by atoms with Crippen molar-refractivity contribution in [1.82, 2.24) is 15.1 Å². The van der Waals surface area contributed by atoms with Crippen molar-refractivity contribution < 1.29 is 14.3 Å². The summed E-state index contributed by atoms with van der Waals surface area (Å²) >= 11 is 0. The highest BCUT2D eigenvalue weighted by molar-refractivity contribution is 5.94. The van der Waals surface area contributed by atoms with Gasteiger partial charge < -0.3 is 19.9 Å². The third-order valence-electron chi connectivity index (χ3n) is 6.14. The zero-order chi connectivity index (χ0) is 19.3. The smallest absolute Gasteiger partial charge is 0.251 e. The Kier molecular flexibility index (Phi) is 6.27. The molecule has 0 aromatic heterocycles. The standard InChI is InChI=1S/C22H31N3O3/c26-21-16-28-20(12-23-22(27)19-4-2-1-3-5-19)15-25(21)14-18-8-10-24(11-9-18)13-17-6-7-17/h1-5,17-18,20H,6-16H2,(H,23,27)/t20-/m1/s1. The topological polar surface area (TPSA) is 61.9 Å². The first-order valence-corrected chi connectivity index (χ1v) is 10.6. The van der Waals surface area contributed by atoms with Gasteiger partial charge in [-0.25, -0.2) is 0 Å². The van der Waals surface area contributed by atoms with Crippen LogP contribution in [0.4, 0.5) is 0 Å². The molecular formula is C22H31N3O3. The van der Waals surface area contributed by atoms with Crippen LogP contribution in [-0.4, -0.2) is 73.6 Å². The van der Waals surface area contributed by atoms with E-state index in [0.29, 0.717) is 24.6 Å². The molecule has 6 heteroatoms. The molecule has 2 aliphatic heterocycles. The predicted molar refractivity (Wildman–Crippen MR) is 107 cm³/mol. The van der Waals surface area contributed by atoms with Crippen LogP contribution in [0.5, 0.6) is 0 Å². The molecule has 2 amide bonds. The van der Waals surface area contributed by atoms with E-state index < -0.39 is 0 Å². The van der Waals surface area contributed by atoms with E-state index in [9.17, 15) is 9.59 Å². The summed E-state index contributed by atoms with van der Waals surface area (Å²) < 4.78 is 5.65. The number of nitrogens with one attached hydrogen (secondary N) is 1. The minimum atomic E-state index is -0.139. The number of nitrogens with zero attached hydrogens (tertiary/aromatic N) is 2. The average Bonchev–Trinajstić information content (AvgIpc) is 3.54. The summed E-state index contributed by atoms with van der Waals surface area (Å²) in [4.78, 5) is 29.0. The van der Waals surface area contributed by atoms with Gasteiger partial charge in [0.1, 0.15) is 6.61 Å². The monoisotopic (exact) mass is 385 g/mol. The van der Waals surface area contributed by atoms with Crippen molar-refractivity contribution in [3.05, 3.63) is 35.9 Å². The quantitative estimate of drug-likeness (QED) is 0.777. The lowest BCUT2D eigenvalue weighted by molar-refractivity contribution is -0.149. The third-order valence-corrected chi connectivity index (χ3v) is 6.14. The van der Waals surface area contributed by atoms with Crippen molar-refractivity contribution in [1.29, 1.82) is 0 Å². The summed E-state index contributed by atoms with van der Waals surface area (Å²) in [5.74, 6) is 1.50. The molecule has 1 aromatic carbocycles. The Morgan fingerprint density at radius 3 is 2.46 bits per heavy atom. The molecule has 1 aromatic rings. The highest BCUT2D eigenvalue weighted by atomic mass is 16.5.